The maximum absolute atomic E-state index is 13.2. The van der Waals surface area contributed by atoms with Crippen molar-refractivity contribution in [1.82, 2.24) is 5.32 Å². The molecule has 154 valence electrons. The van der Waals surface area contributed by atoms with Crippen LogP contribution in [-0.2, 0) is 4.79 Å². The van der Waals surface area contributed by atoms with E-state index in [1.807, 2.05) is 91.9 Å². The summed E-state index contributed by atoms with van der Waals surface area (Å²) >= 11 is 5.58. The van der Waals surface area contributed by atoms with E-state index in [0.717, 1.165) is 33.3 Å². The smallest absolute Gasteiger partial charge is 0.251 e. The summed E-state index contributed by atoms with van der Waals surface area (Å²) in [6, 6.07) is 30.7. The Balaban J connectivity index is 1.55. The van der Waals surface area contributed by atoms with E-state index < -0.39 is 6.04 Å². The van der Waals surface area contributed by atoms with Crippen molar-refractivity contribution in [3.63, 3.8) is 0 Å². The quantitative estimate of drug-likeness (QED) is 0.353. The highest BCUT2D eigenvalue weighted by Gasteiger charge is 2.22. The third-order valence-electron chi connectivity index (χ3n) is 4.99. The van der Waals surface area contributed by atoms with E-state index in [-0.39, 0.29) is 5.91 Å². The van der Waals surface area contributed by atoms with Gasteiger partial charge in [0.25, 0.3) is 5.91 Å². The minimum Gasteiger partial charge on any atom is -0.347 e. The molecule has 1 amide bonds. The average Bonchev–Trinajstić information content (AvgIpc) is 2.78. The second-order valence-electron chi connectivity index (χ2n) is 7.33. The number of carbonyl (C=O) groups excluding carboxylic acids is 1. The Bertz CT molecular complexity index is 1220. The molecule has 0 aliphatic carbocycles. The molecule has 0 saturated carbocycles. The summed E-state index contributed by atoms with van der Waals surface area (Å²) in [5.74, 6) is -0.182. The van der Waals surface area contributed by atoms with Gasteiger partial charge in [-0.15, -0.1) is 0 Å². The van der Waals surface area contributed by atoms with Crippen LogP contribution in [0.3, 0.4) is 0 Å². The average molecular weight is 426 g/mol. The molecule has 0 aromatic heterocycles. The van der Waals surface area contributed by atoms with E-state index >= 15 is 0 Å². The molecule has 0 fully saturated rings. The van der Waals surface area contributed by atoms with Gasteiger partial charge in [0.15, 0.2) is 5.11 Å². The fourth-order valence-corrected chi connectivity index (χ4v) is 3.73. The molecule has 0 bridgehead atoms. The molecule has 4 aromatic rings. The lowest BCUT2D eigenvalue weighted by atomic mass is 10.1. The number of rotatable bonds is 5. The molecule has 1 unspecified atom stereocenters. The van der Waals surface area contributed by atoms with E-state index in [1.165, 1.54) is 0 Å². The van der Waals surface area contributed by atoms with Crippen LogP contribution < -0.4 is 16.0 Å². The highest BCUT2D eigenvalue weighted by atomic mass is 32.1. The summed E-state index contributed by atoms with van der Waals surface area (Å²) in [6.45, 7) is 1.99. The van der Waals surface area contributed by atoms with Gasteiger partial charge >= 0.3 is 0 Å². The zero-order chi connectivity index (χ0) is 21.6. The van der Waals surface area contributed by atoms with Gasteiger partial charge in [-0.3, -0.25) is 4.79 Å². The first kappa shape index (κ1) is 20.6. The number of thiocarbonyl (C=S) groups is 1. The third kappa shape index (κ3) is 5.08. The fourth-order valence-electron chi connectivity index (χ4n) is 3.51. The summed E-state index contributed by atoms with van der Waals surface area (Å²) in [7, 11) is 0. The molecule has 1 atom stereocenters. The van der Waals surface area contributed by atoms with Crippen molar-refractivity contribution in [2.45, 2.75) is 13.0 Å². The summed E-state index contributed by atoms with van der Waals surface area (Å²) < 4.78 is 0. The monoisotopic (exact) mass is 425 g/mol. The van der Waals surface area contributed by atoms with Crippen molar-refractivity contribution >= 4 is 45.4 Å². The molecule has 3 N–H and O–H groups in total. The molecule has 0 heterocycles. The topological polar surface area (TPSA) is 53.2 Å². The van der Waals surface area contributed by atoms with Gasteiger partial charge in [0.2, 0.25) is 0 Å². The largest absolute Gasteiger partial charge is 0.347 e. The Morgan fingerprint density at radius 1 is 0.806 bits per heavy atom. The van der Waals surface area contributed by atoms with Crippen LogP contribution >= 0.6 is 12.2 Å². The Labute approximate surface area is 187 Å². The Hall–Kier alpha value is -3.70. The number of fused-ring (bicyclic) bond motifs is 1. The lowest BCUT2D eigenvalue weighted by Gasteiger charge is -2.21. The van der Waals surface area contributed by atoms with Crippen molar-refractivity contribution in [3.8, 4) is 0 Å². The molecule has 0 saturated heterocycles. The minimum absolute atomic E-state index is 0.182. The van der Waals surface area contributed by atoms with Gasteiger partial charge in [0.1, 0.15) is 6.04 Å². The number of aryl methyl sites for hydroxylation is 1. The van der Waals surface area contributed by atoms with Crippen LogP contribution in [0.15, 0.2) is 97.1 Å². The molecule has 0 radical (unpaired) electrons. The van der Waals surface area contributed by atoms with Gasteiger partial charge in [-0.05, 0) is 53.9 Å². The van der Waals surface area contributed by atoms with E-state index in [0.29, 0.717) is 5.11 Å². The molecule has 4 nitrogen and oxygen atoms in total. The SMILES string of the molecule is Cc1cccc(NC(=O)C(NC(=S)Nc2cccc3ccccc23)c2ccccc2)c1. The number of benzene rings is 4. The number of anilines is 2. The number of hydrogen-bond donors (Lipinski definition) is 3. The highest BCUT2D eigenvalue weighted by Crippen LogP contribution is 2.23. The molecule has 31 heavy (non-hydrogen) atoms. The van der Waals surface area contributed by atoms with Crippen LogP contribution in [0.5, 0.6) is 0 Å². The first-order chi connectivity index (χ1) is 15.1. The van der Waals surface area contributed by atoms with Gasteiger partial charge in [-0.25, -0.2) is 0 Å². The van der Waals surface area contributed by atoms with Crippen molar-refractivity contribution in [2.24, 2.45) is 0 Å². The van der Waals surface area contributed by atoms with Gasteiger partial charge in [0.05, 0.1) is 0 Å². The van der Waals surface area contributed by atoms with Crippen LogP contribution in [0.1, 0.15) is 17.2 Å². The lowest BCUT2D eigenvalue weighted by molar-refractivity contribution is -0.117. The second kappa shape index (κ2) is 9.41. The molecular formula is C26H23N3OS. The number of amides is 1. The molecule has 0 aliphatic heterocycles. The van der Waals surface area contributed by atoms with E-state index in [1.54, 1.807) is 0 Å². The van der Waals surface area contributed by atoms with Crippen LogP contribution in [0, 0.1) is 6.92 Å². The summed E-state index contributed by atoms with van der Waals surface area (Å²) in [5, 5.41) is 12.0. The van der Waals surface area contributed by atoms with Crippen molar-refractivity contribution < 1.29 is 4.79 Å². The number of carbonyl (C=O) groups is 1. The minimum atomic E-state index is -0.642. The molecule has 4 rings (SSSR count). The molecule has 5 heteroatoms. The Morgan fingerprint density at radius 2 is 1.52 bits per heavy atom. The second-order valence-corrected chi connectivity index (χ2v) is 7.74. The van der Waals surface area contributed by atoms with Gasteiger partial charge in [0, 0.05) is 16.8 Å². The van der Waals surface area contributed by atoms with E-state index in [2.05, 4.69) is 28.1 Å². The summed E-state index contributed by atoms with van der Waals surface area (Å²) in [4.78, 5) is 13.2. The third-order valence-corrected chi connectivity index (χ3v) is 5.21. The van der Waals surface area contributed by atoms with Gasteiger partial charge < -0.3 is 16.0 Å². The number of hydrogen-bond acceptors (Lipinski definition) is 2. The van der Waals surface area contributed by atoms with E-state index in [9.17, 15) is 4.79 Å². The predicted octanol–water partition coefficient (Wildman–Crippen LogP) is 5.81. The maximum atomic E-state index is 13.2. The molecule has 4 aromatic carbocycles. The van der Waals surface area contributed by atoms with Crippen molar-refractivity contribution in [2.75, 3.05) is 10.6 Å². The highest BCUT2D eigenvalue weighted by molar-refractivity contribution is 7.80. The van der Waals surface area contributed by atoms with Crippen LogP contribution in [0.2, 0.25) is 0 Å². The molecule has 0 spiro atoms. The lowest BCUT2D eigenvalue weighted by Crippen LogP contribution is -2.39. The van der Waals surface area contributed by atoms with Crippen LogP contribution in [-0.4, -0.2) is 11.0 Å². The normalized spacial score (nSPS) is 11.5. The summed E-state index contributed by atoms with van der Waals surface area (Å²) in [5.41, 5.74) is 3.55. The van der Waals surface area contributed by atoms with E-state index in [4.69, 9.17) is 12.2 Å². The van der Waals surface area contributed by atoms with Crippen molar-refractivity contribution in [1.29, 1.82) is 0 Å². The molecule has 0 aliphatic rings. The predicted molar refractivity (Wildman–Crippen MR) is 132 cm³/mol. The first-order valence-electron chi connectivity index (χ1n) is 10.1. The number of nitrogens with one attached hydrogen (secondary N) is 3. The zero-order valence-corrected chi connectivity index (χ0v) is 17.9. The van der Waals surface area contributed by atoms with Crippen LogP contribution in [0.25, 0.3) is 10.8 Å². The maximum Gasteiger partial charge on any atom is 0.251 e. The fraction of sp³-hybridized carbons (Fsp3) is 0.0769. The standard InChI is InChI=1S/C26H23N3OS/c1-18-9-7-14-21(17-18)27-25(30)24(20-11-3-2-4-12-20)29-26(31)28-23-16-8-13-19-10-5-6-15-22(19)23/h2-17,24H,1H3,(H,27,30)(H2,28,29,31). The summed E-state index contributed by atoms with van der Waals surface area (Å²) in [6.07, 6.45) is 0. The first-order valence-corrected chi connectivity index (χ1v) is 10.5. The Morgan fingerprint density at radius 3 is 2.32 bits per heavy atom. The van der Waals surface area contributed by atoms with Crippen LogP contribution in [0.4, 0.5) is 11.4 Å². The molecular weight excluding hydrogens is 402 g/mol. The van der Waals surface area contributed by atoms with Crippen molar-refractivity contribution in [3.05, 3.63) is 108 Å². The van der Waals surface area contributed by atoms with Gasteiger partial charge in [-0.2, -0.15) is 0 Å². The van der Waals surface area contributed by atoms with Gasteiger partial charge in [-0.1, -0.05) is 78.9 Å². The zero-order valence-electron chi connectivity index (χ0n) is 17.1. The Kier molecular flexibility index (Phi) is 6.24.